The third kappa shape index (κ3) is 8.43. The van der Waals surface area contributed by atoms with E-state index in [0.29, 0.717) is 32.7 Å². The molecule has 0 aromatic heterocycles. The summed E-state index contributed by atoms with van der Waals surface area (Å²) in [6.45, 7) is 3.13. The second-order valence-corrected chi connectivity index (χ2v) is 15.4. The quantitative estimate of drug-likeness (QED) is 0.0691. The van der Waals surface area contributed by atoms with Crippen LogP contribution in [0.4, 0.5) is 22.7 Å². The summed E-state index contributed by atoms with van der Waals surface area (Å²) in [5.74, 6) is -3.80. The number of amides is 4. The fourth-order valence-corrected chi connectivity index (χ4v) is 6.86. The molecule has 0 saturated heterocycles. The maximum absolute atomic E-state index is 13.2. The fourth-order valence-electron chi connectivity index (χ4n) is 5.78. The van der Waals surface area contributed by atoms with Crippen molar-refractivity contribution in [3.8, 4) is 11.5 Å². The molecule has 0 aliphatic carbocycles. The third-order valence-electron chi connectivity index (χ3n) is 8.59. The lowest BCUT2D eigenvalue weighted by Gasteiger charge is -2.14. The number of nitrogens with one attached hydrogen (secondary N) is 4. The molecule has 0 bridgehead atoms. The van der Waals surface area contributed by atoms with E-state index in [2.05, 4.69) is 21.3 Å². The van der Waals surface area contributed by atoms with E-state index in [1.54, 1.807) is 13.8 Å². The fraction of sp³-hybridized carbons (Fsp3) is 0.0526. The molecule has 6 rings (SSSR count). The van der Waals surface area contributed by atoms with Crippen LogP contribution in [0, 0.1) is 13.8 Å². The number of hydrogen-bond acceptors (Lipinski definition) is 10. The Labute approximate surface area is 318 Å². The van der Waals surface area contributed by atoms with Crippen LogP contribution in [0.2, 0.25) is 0 Å². The van der Waals surface area contributed by atoms with E-state index in [4.69, 9.17) is 0 Å². The van der Waals surface area contributed by atoms with Gasteiger partial charge in [-0.1, -0.05) is 12.1 Å². The van der Waals surface area contributed by atoms with Gasteiger partial charge in [-0.2, -0.15) is 16.8 Å². The predicted octanol–water partition coefficient (Wildman–Crippen LogP) is 5.60. The molecule has 6 aromatic rings. The molecule has 0 saturated carbocycles. The lowest BCUT2D eigenvalue weighted by atomic mass is 10.1. The molecule has 6 aromatic carbocycles. The molecule has 286 valence electrons. The molecule has 0 aliphatic rings. The molecule has 8 N–H and O–H groups in total. The van der Waals surface area contributed by atoms with Crippen LogP contribution in [-0.2, 0) is 29.8 Å². The van der Waals surface area contributed by atoms with Crippen molar-refractivity contribution in [1.82, 2.24) is 0 Å². The highest BCUT2D eigenvalue weighted by Gasteiger charge is 2.21. The number of benzene rings is 6. The minimum Gasteiger partial charge on any atom is -0.508 e. The summed E-state index contributed by atoms with van der Waals surface area (Å²) < 4.78 is 66.6. The topological polar surface area (TPSA) is 266 Å². The normalized spacial score (nSPS) is 11.6. The molecule has 0 radical (unpaired) electrons. The van der Waals surface area contributed by atoms with Crippen LogP contribution < -0.4 is 21.3 Å². The molecule has 0 aliphatic heterocycles. The van der Waals surface area contributed by atoms with E-state index in [0.717, 1.165) is 12.1 Å². The second-order valence-electron chi connectivity index (χ2n) is 12.6. The highest BCUT2D eigenvalue weighted by Crippen LogP contribution is 2.33. The molecule has 0 heterocycles. The number of aryl methyl sites for hydroxylation is 2. The first kappa shape index (κ1) is 38.9. The standard InChI is InChI=1S/C38H30N4O12S2/c1-19-11-23(35(45)41-33-17-27(55(49,50)51)13-21-3-7-25(43)15-29(21)33)5-9-31(19)39-37(47)38(48)40-32-10-6-24(12-20(32)2)36(46)42-34-18-28(56(52,53)54)14-22-4-8-26(44)16-30(22)34/h3-18,43-44H,1-2H3,(H,39,47)(H,40,48)(H,41,45)(H,42,46)(H,49,50,51)(H,52,53,54). The summed E-state index contributed by atoms with van der Waals surface area (Å²) in [5, 5.41) is 31.2. The lowest BCUT2D eigenvalue weighted by molar-refractivity contribution is -0.133. The summed E-state index contributed by atoms with van der Waals surface area (Å²) in [6.07, 6.45) is 0. The highest BCUT2D eigenvalue weighted by atomic mass is 32.2. The van der Waals surface area contributed by atoms with Crippen LogP contribution >= 0.6 is 0 Å². The Hall–Kier alpha value is -6.86. The van der Waals surface area contributed by atoms with Gasteiger partial charge in [0, 0.05) is 33.3 Å². The molecule has 18 heteroatoms. The van der Waals surface area contributed by atoms with Crippen molar-refractivity contribution in [3.05, 3.63) is 119 Å². The van der Waals surface area contributed by atoms with Crippen molar-refractivity contribution >= 4 is 88.2 Å². The number of aromatic hydroxyl groups is 2. The van der Waals surface area contributed by atoms with Gasteiger partial charge in [-0.05, 0) is 121 Å². The van der Waals surface area contributed by atoms with Gasteiger partial charge in [-0.15, -0.1) is 0 Å². The van der Waals surface area contributed by atoms with Gasteiger partial charge in [-0.25, -0.2) is 0 Å². The van der Waals surface area contributed by atoms with E-state index < -0.39 is 53.7 Å². The second kappa shape index (κ2) is 14.8. The first-order chi connectivity index (χ1) is 26.3. The Bertz CT molecular complexity index is 2700. The van der Waals surface area contributed by atoms with Gasteiger partial charge in [0.1, 0.15) is 11.5 Å². The van der Waals surface area contributed by atoms with Gasteiger partial charge in [-0.3, -0.25) is 28.3 Å². The number of fused-ring (bicyclic) bond motifs is 2. The molecule has 4 amide bonds. The number of phenols is 2. The van der Waals surface area contributed by atoms with Crippen LogP contribution in [0.3, 0.4) is 0 Å². The van der Waals surface area contributed by atoms with Crippen LogP contribution in [0.1, 0.15) is 31.8 Å². The first-order valence-corrected chi connectivity index (χ1v) is 19.1. The molecule has 16 nitrogen and oxygen atoms in total. The zero-order valence-corrected chi connectivity index (χ0v) is 30.7. The van der Waals surface area contributed by atoms with Crippen molar-refractivity contribution in [2.24, 2.45) is 0 Å². The summed E-state index contributed by atoms with van der Waals surface area (Å²) in [5.41, 5.74) is 1.30. The Morgan fingerprint density at radius 1 is 0.464 bits per heavy atom. The largest absolute Gasteiger partial charge is 0.508 e. The van der Waals surface area contributed by atoms with Gasteiger partial charge in [0.2, 0.25) is 0 Å². The zero-order valence-electron chi connectivity index (χ0n) is 29.1. The number of anilines is 4. The lowest BCUT2D eigenvalue weighted by Crippen LogP contribution is -2.29. The predicted molar refractivity (Wildman–Crippen MR) is 206 cm³/mol. The molecule has 0 fully saturated rings. The SMILES string of the molecule is Cc1cc(C(=O)Nc2cc(S(=O)(=O)O)cc3ccc(O)cc23)ccc1NC(=O)C(=O)Nc1ccc(C(=O)Nc2cc(S(=O)(=O)O)cc3ccc(O)cc23)cc1C. The molecule has 56 heavy (non-hydrogen) atoms. The Balaban J connectivity index is 1.13. The first-order valence-electron chi connectivity index (χ1n) is 16.2. The minimum absolute atomic E-state index is 0.00749. The number of phenolic OH excluding ortho intramolecular Hbond substituents is 2. The molecule has 0 atom stereocenters. The van der Waals surface area contributed by atoms with E-state index >= 15 is 0 Å². The van der Waals surface area contributed by atoms with Gasteiger partial charge in [0.25, 0.3) is 32.1 Å². The molecule has 0 spiro atoms. The average molecular weight is 799 g/mol. The van der Waals surface area contributed by atoms with Gasteiger partial charge >= 0.3 is 11.8 Å². The Morgan fingerprint density at radius 2 is 0.839 bits per heavy atom. The van der Waals surface area contributed by atoms with E-state index in [9.17, 15) is 55.3 Å². The van der Waals surface area contributed by atoms with Crippen molar-refractivity contribution in [1.29, 1.82) is 0 Å². The zero-order chi connectivity index (χ0) is 40.7. The highest BCUT2D eigenvalue weighted by molar-refractivity contribution is 7.86. The smallest absolute Gasteiger partial charge is 0.314 e. The van der Waals surface area contributed by atoms with Crippen molar-refractivity contribution in [3.63, 3.8) is 0 Å². The summed E-state index contributed by atoms with van der Waals surface area (Å²) in [7, 11) is -9.28. The molecular formula is C38H30N4O12S2. The molecular weight excluding hydrogens is 769 g/mol. The Morgan fingerprint density at radius 3 is 1.18 bits per heavy atom. The van der Waals surface area contributed by atoms with E-state index in [1.807, 2.05) is 0 Å². The maximum atomic E-state index is 13.2. The van der Waals surface area contributed by atoms with Gasteiger partial charge < -0.3 is 31.5 Å². The maximum Gasteiger partial charge on any atom is 0.314 e. The molecule has 0 unspecified atom stereocenters. The number of rotatable bonds is 8. The monoisotopic (exact) mass is 798 g/mol. The van der Waals surface area contributed by atoms with Crippen LogP contribution in [-0.4, -0.2) is 59.8 Å². The summed E-state index contributed by atoms with van der Waals surface area (Å²) >= 11 is 0. The minimum atomic E-state index is -4.64. The van der Waals surface area contributed by atoms with Crippen molar-refractivity contribution < 1.29 is 55.3 Å². The van der Waals surface area contributed by atoms with Crippen molar-refractivity contribution in [2.45, 2.75) is 23.6 Å². The number of hydrogen-bond donors (Lipinski definition) is 8. The van der Waals surface area contributed by atoms with Crippen LogP contribution in [0.15, 0.2) is 107 Å². The average Bonchev–Trinajstić information content (AvgIpc) is 3.12. The summed E-state index contributed by atoms with van der Waals surface area (Å²) in [6, 6.07) is 20.8. The van der Waals surface area contributed by atoms with E-state index in [1.165, 1.54) is 84.9 Å². The van der Waals surface area contributed by atoms with Crippen LogP contribution in [0.5, 0.6) is 11.5 Å². The van der Waals surface area contributed by atoms with Gasteiger partial charge in [0.15, 0.2) is 0 Å². The summed E-state index contributed by atoms with van der Waals surface area (Å²) in [4.78, 5) is 51.2. The van der Waals surface area contributed by atoms with E-state index in [-0.39, 0.29) is 45.4 Å². The number of carbonyl (C=O) groups is 4. The Kier molecular flexibility index (Phi) is 10.2. The van der Waals surface area contributed by atoms with Crippen molar-refractivity contribution in [2.75, 3.05) is 21.3 Å². The van der Waals surface area contributed by atoms with Gasteiger partial charge in [0.05, 0.1) is 21.2 Å². The van der Waals surface area contributed by atoms with Crippen LogP contribution in [0.25, 0.3) is 21.5 Å². The number of carbonyl (C=O) groups excluding carboxylic acids is 4. The third-order valence-corrected chi connectivity index (χ3v) is 10.3.